The summed E-state index contributed by atoms with van der Waals surface area (Å²) in [7, 11) is 0. The van der Waals surface area contributed by atoms with Crippen molar-refractivity contribution in [3.8, 4) is 5.75 Å². The van der Waals surface area contributed by atoms with Crippen molar-refractivity contribution in [2.24, 2.45) is 5.73 Å². The van der Waals surface area contributed by atoms with Gasteiger partial charge in [-0.05, 0) is 54.5 Å². The van der Waals surface area contributed by atoms with Gasteiger partial charge < -0.3 is 20.7 Å². The molecule has 0 aliphatic rings. The van der Waals surface area contributed by atoms with E-state index in [0.717, 1.165) is 6.08 Å². The molecule has 2 aromatic rings. The molecule has 0 fully saturated rings. The number of nitrogens with two attached hydrogens (primary N) is 1. The van der Waals surface area contributed by atoms with Crippen LogP contribution in [0.15, 0.2) is 91.0 Å². The molecule has 0 saturated carbocycles. The zero-order valence-corrected chi connectivity index (χ0v) is 17.7. The third-order valence-electron chi connectivity index (χ3n) is 4.48. The fraction of sp³-hybridized carbons (Fsp3) is 0.160. The van der Waals surface area contributed by atoms with E-state index in [9.17, 15) is 27.8 Å². The van der Waals surface area contributed by atoms with Crippen molar-refractivity contribution in [2.75, 3.05) is 0 Å². The monoisotopic (exact) mass is 461 g/mol. The standard InChI is InChI=1S/C25H23F4NO3/c1-3-9-19(26)12-8-13-22(30)21-15-14-20(16-17(21)4-2)33-23(18-10-6-5-7-11-18)24(31,32)25(27,28)29/h3-12,14-16,23,31-32H,2,30H2,1H3/b9-3-,19-12+. The van der Waals surface area contributed by atoms with Gasteiger partial charge in [0, 0.05) is 5.56 Å². The van der Waals surface area contributed by atoms with Crippen molar-refractivity contribution in [3.63, 3.8) is 0 Å². The molecule has 0 aromatic heterocycles. The van der Waals surface area contributed by atoms with Crippen molar-refractivity contribution in [3.05, 3.63) is 108 Å². The molecule has 0 saturated heterocycles. The van der Waals surface area contributed by atoms with Gasteiger partial charge in [0.1, 0.15) is 11.6 Å². The third kappa shape index (κ3) is 6.46. The van der Waals surface area contributed by atoms with Gasteiger partial charge in [0.15, 0.2) is 6.10 Å². The Labute approximate surface area is 188 Å². The Hall–Kier alpha value is -3.58. The maximum Gasteiger partial charge on any atom is 0.447 e. The Morgan fingerprint density at radius 2 is 1.82 bits per heavy atom. The van der Waals surface area contributed by atoms with E-state index in [0.29, 0.717) is 11.1 Å². The quantitative estimate of drug-likeness (QED) is 0.208. The Morgan fingerprint density at radius 1 is 1.15 bits per heavy atom. The van der Waals surface area contributed by atoms with E-state index in [1.807, 2.05) is 0 Å². The van der Waals surface area contributed by atoms with Gasteiger partial charge in [-0.2, -0.15) is 13.2 Å². The van der Waals surface area contributed by atoms with Crippen molar-refractivity contribution >= 4 is 11.8 Å². The molecule has 0 amide bonds. The summed E-state index contributed by atoms with van der Waals surface area (Å²) in [5.74, 6) is -4.75. The highest BCUT2D eigenvalue weighted by atomic mass is 19.4. The molecule has 1 atom stereocenters. The second kappa shape index (κ2) is 10.8. The highest BCUT2D eigenvalue weighted by Crippen LogP contribution is 2.41. The third-order valence-corrected chi connectivity index (χ3v) is 4.48. The van der Waals surface area contributed by atoms with Gasteiger partial charge in [-0.25, -0.2) is 4.39 Å². The maximum absolute atomic E-state index is 13.4. The number of allylic oxidation sites excluding steroid dienone is 5. The number of alkyl halides is 3. The van der Waals surface area contributed by atoms with E-state index in [4.69, 9.17) is 10.5 Å². The fourth-order valence-corrected chi connectivity index (χ4v) is 2.83. The lowest BCUT2D eigenvalue weighted by Gasteiger charge is -2.33. The van der Waals surface area contributed by atoms with Crippen LogP contribution in [-0.4, -0.2) is 22.2 Å². The van der Waals surface area contributed by atoms with E-state index < -0.39 is 23.9 Å². The van der Waals surface area contributed by atoms with Crippen LogP contribution in [-0.2, 0) is 0 Å². The SMILES string of the molecule is C=Cc1cc(OC(c2ccccc2)C(O)(O)C(F)(F)F)ccc1C(N)=C=C/C=C(F)\C=C/C. The van der Waals surface area contributed by atoms with Crippen LogP contribution in [0, 0.1) is 0 Å². The van der Waals surface area contributed by atoms with Crippen LogP contribution in [0.5, 0.6) is 5.75 Å². The second-order valence-electron chi connectivity index (χ2n) is 6.86. The van der Waals surface area contributed by atoms with Crippen molar-refractivity contribution in [1.29, 1.82) is 0 Å². The average molecular weight is 461 g/mol. The van der Waals surface area contributed by atoms with Gasteiger partial charge in [0.05, 0.1) is 5.70 Å². The van der Waals surface area contributed by atoms with E-state index in [1.54, 1.807) is 13.0 Å². The molecule has 174 valence electrons. The second-order valence-corrected chi connectivity index (χ2v) is 6.86. The minimum Gasteiger partial charge on any atom is -0.480 e. The molecule has 8 heteroatoms. The van der Waals surface area contributed by atoms with E-state index in [1.165, 1.54) is 66.8 Å². The van der Waals surface area contributed by atoms with Gasteiger partial charge in [-0.3, -0.25) is 0 Å². The number of aliphatic hydroxyl groups is 2. The average Bonchev–Trinajstić information content (AvgIpc) is 2.77. The Morgan fingerprint density at radius 3 is 2.39 bits per heavy atom. The number of benzene rings is 2. The highest BCUT2D eigenvalue weighted by Gasteiger charge is 2.60. The summed E-state index contributed by atoms with van der Waals surface area (Å²) in [5, 5.41) is 19.8. The summed E-state index contributed by atoms with van der Waals surface area (Å²) < 4.78 is 58.8. The number of rotatable bonds is 8. The molecule has 0 aliphatic heterocycles. The van der Waals surface area contributed by atoms with Crippen LogP contribution < -0.4 is 10.5 Å². The van der Waals surface area contributed by atoms with E-state index >= 15 is 0 Å². The minimum atomic E-state index is -5.39. The molecular weight excluding hydrogens is 438 g/mol. The van der Waals surface area contributed by atoms with Gasteiger partial charge >= 0.3 is 12.0 Å². The number of halogens is 4. The lowest BCUT2D eigenvalue weighted by atomic mass is 10.00. The van der Waals surface area contributed by atoms with Crippen molar-refractivity contribution in [1.82, 2.24) is 0 Å². The highest BCUT2D eigenvalue weighted by molar-refractivity contribution is 5.72. The van der Waals surface area contributed by atoms with Gasteiger partial charge in [-0.15, -0.1) is 0 Å². The zero-order chi connectivity index (χ0) is 24.6. The lowest BCUT2D eigenvalue weighted by Crippen LogP contribution is -2.52. The minimum absolute atomic E-state index is 0.0879. The molecule has 0 aliphatic carbocycles. The van der Waals surface area contributed by atoms with Crippen molar-refractivity contribution < 1.29 is 32.5 Å². The molecule has 0 bridgehead atoms. The maximum atomic E-state index is 13.4. The predicted octanol–water partition coefficient (Wildman–Crippen LogP) is 5.58. The van der Waals surface area contributed by atoms with Gasteiger partial charge in [0.25, 0.3) is 0 Å². The molecular formula is C25H23F4NO3. The topological polar surface area (TPSA) is 75.7 Å². The van der Waals surface area contributed by atoms with Gasteiger partial charge in [0.2, 0.25) is 0 Å². The smallest absolute Gasteiger partial charge is 0.447 e. The van der Waals surface area contributed by atoms with Crippen LogP contribution in [0.2, 0.25) is 0 Å². The van der Waals surface area contributed by atoms with Crippen LogP contribution in [0.1, 0.15) is 29.7 Å². The molecule has 2 rings (SSSR count). The Balaban J connectivity index is 2.45. The molecule has 2 aromatic carbocycles. The summed E-state index contributed by atoms with van der Waals surface area (Å²) in [4.78, 5) is 0. The number of hydrogen-bond donors (Lipinski definition) is 3. The molecule has 4 nitrogen and oxygen atoms in total. The molecule has 4 N–H and O–H groups in total. The fourth-order valence-electron chi connectivity index (χ4n) is 2.83. The number of ether oxygens (including phenoxy) is 1. The lowest BCUT2D eigenvalue weighted by molar-refractivity contribution is -0.376. The van der Waals surface area contributed by atoms with E-state index in [2.05, 4.69) is 12.3 Å². The molecule has 0 heterocycles. The summed E-state index contributed by atoms with van der Waals surface area (Å²) in [6.07, 6.45) is -0.959. The number of hydrogen-bond acceptors (Lipinski definition) is 4. The first-order chi connectivity index (χ1) is 15.5. The van der Waals surface area contributed by atoms with Gasteiger partial charge in [-0.1, -0.05) is 54.8 Å². The van der Waals surface area contributed by atoms with Crippen LogP contribution in [0.25, 0.3) is 11.8 Å². The summed E-state index contributed by atoms with van der Waals surface area (Å²) in [6, 6.07) is 11.1. The molecule has 1 unspecified atom stereocenters. The largest absolute Gasteiger partial charge is 0.480 e. The van der Waals surface area contributed by atoms with Crippen molar-refractivity contribution in [2.45, 2.75) is 25.0 Å². The first kappa shape index (κ1) is 25.7. The first-order valence-corrected chi connectivity index (χ1v) is 9.71. The first-order valence-electron chi connectivity index (χ1n) is 9.71. The summed E-state index contributed by atoms with van der Waals surface area (Å²) >= 11 is 0. The Bertz CT molecular complexity index is 1100. The zero-order valence-electron chi connectivity index (χ0n) is 17.7. The summed E-state index contributed by atoms with van der Waals surface area (Å²) in [6.45, 7) is 5.31. The summed E-state index contributed by atoms with van der Waals surface area (Å²) in [5.41, 5.74) is 9.50. The van der Waals surface area contributed by atoms with Crippen LogP contribution in [0.3, 0.4) is 0 Å². The van der Waals surface area contributed by atoms with Crippen LogP contribution >= 0.6 is 0 Å². The predicted molar refractivity (Wildman–Crippen MR) is 119 cm³/mol. The normalized spacial score (nSPS) is 13.4. The Kier molecular flexibility index (Phi) is 8.43. The molecule has 33 heavy (non-hydrogen) atoms. The van der Waals surface area contributed by atoms with Crippen LogP contribution in [0.4, 0.5) is 17.6 Å². The van der Waals surface area contributed by atoms with E-state index in [-0.39, 0.29) is 17.0 Å². The molecule has 0 radical (unpaired) electrons. The molecule has 0 spiro atoms.